The molecule has 3 fully saturated rings. The highest BCUT2D eigenvalue weighted by atomic mass is 32.1. The molecule has 4 aromatic rings. The largest absolute Gasteiger partial charge is 0.481 e. The summed E-state index contributed by atoms with van der Waals surface area (Å²) in [4.78, 5) is 30.3. The summed E-state index contributed by atoms with van der Waals surface area (Å²) in [6.07, 6.45) is 0.113. The summed E-state index contributed by atoms with van der Waals surface area (Å²) in [5, 5.41) is 12.1. The molecule has 0 saturated carbocycles. The van der Waals surface area contributed by atoms with Crippen molar-refractivity contribution in [2.75, 3.05) is 49.8 Å². The minimum atomic E-state index is -2.82. The van der Waals surface area contributed by atoms with Gasteiger partial charge in [-0.3, -0.25) is 0 Å². The van der Waals surface area contributed by atoms with Crippen LogP contribution in [-0.4, -0.2) is 89.8 Å². The molecule has 0 bridgehead atoms. The number of ether oxygens (including phenoxy) is 4. The third kappa shape index (κ3) is 5.96. The molecule has 3 atom stereocenters. The number of anilines is 2. The number of carboxylic acids is 1. The number of methoxy groups -OCH3 is 1. The Morgan fingerprint density at radius 1 is 1.13 bits per heavy atom. The number of carboxylic acid groups (broad SMARTS) is 1. The predicted octanol–water partition coefficient (Wildman–Crippen LogP) is 5.32. The molecule has 7 heterocycles. The van der Waals surface area contributed by atoms with E-state index in [9.17, 15) is 18.7 Å². The SMILES string of the molecule is COc1ccc(-c2cnc(O[C@H]3C[C@@H](C(=O)O)N(c4cc(-c5cccs5)nc(C(F)F)c4)C3)c(N3CCOC4(COC4)[C@@H]3C)c2)cn1. The third-order valence-corrected chi connectivity index (χ3v) is 9.94. The van der Waals surface area contributed by atoms with Crippen molar-refractivity contribution in [3.05, 3.63) is 65.9 Å². The van der Waals surface area contributed by atoms with E-state index < -0.39 is 35.8 Å². The van der Waals surface area contributed by atoms with Gasteiger partial charge in [-0.15, -0.1) is 11.3 Å². The van der Waals surface area contributed by atoms with Crippen molar-refractivity contribution in [1.29, 1.82) is 0 Å². The summed E-state index contributed by atoms with van der Waals surface area (Å²) >= 11 is 1.37. The van der Waals surface area contributed by atoms with Crippen LogP contribution in [0.5, 0.6) is 11.8 Å². The fourth-order valence-electron chi connectivity index (χ4n) is 6.39. The number of hydrogen-bond acceptors (Lipinski definition) is 11. The zero-order valence-corrected chi connectivity index (χ0v) is 26.5. The smallest absolute Gasteiger partial charge is 0.326 e. The maximum atomic E-state index is 13.9. The van der Waals surface area contributed by atoms with Crippen molar-refractivity contribution in [1.82, 2.24) is 15.0 Å². The Kier molecular flexibility index (Phi) is 8.41. The fraction of sp³-hybridized carbons (Fsp3) is 0.394. The molecule has 4 aromatic heterocycles. The molecule has 0 amide bonds. The molecule has 0 aromatic carbocycles. The normalized spacial score (nSPS) is 22.0. The van der Waals surface area contributed by atoms with Crippen molar-refractivity contribution in [3.8, 4) is 33.5 Å². The molecule has 3 saturated heterocycles. The van der Waals surface area contributed by atoms with Crippen molar-refractivity contribution in [3.63, 3.8) is 0 Å². The van der Waals surface area contributed by atoms with Crippen LogP contribution in [0.3, 0.4) is 0 Å². The van der Waals surface area contributed by atoms with Gasteiger partial charge in [0, 0.05) is 48.2 Å². The van der Waals surface area contributed by atoms with Crippen LogP contribution in [0.25, 0.3) is 21.7 Å². The minimum Gasteiger partial charge on any atom is -0.481 e. The summed E-state index contributed by atoms with van der Waals surface area (Å²) in [6.45, 7) is 4.26. The Balaban J connectivity index is 1.22. The number of aliphatic carboxylic acids is 1. The second kappa shape index (κ2) is 12.7. The zero-order chi connectivity index (χ0) is 32.7. The van der Waals surface area contributed by atoms with E-state index in [2.05, 4.69) is 21.8 Å². The van der Waals surface area contributed by atoms with Crippen molar-refractivity contribution in [2.24, 2.45) is 0 Å². The van der Waals surface area contributed by atoms with Gasteiger partial charge in [0.1, 0.15) is 29.1 Å². The van der Waals surface area contributed by atoms with Crippen LogP contribution >= 0.6 is 11.3 Å². The number of halogens is 2. The molecule has 7 rings (SSSR count). The molecule has 0 aliphatic carbocycles. The number of alkyl halides is 2. The monoisotopic (exact) mass is 665 g/mol. The van der Waals surface area contributed by atoms with Crippen LogP contribution in [0.15, 0.2) is 60.2 Å². The van der Waals surface area contributed by atoms with Crippen molar-refractivity contribution in [2.45, 2.75) is 43.6 Å². The second-order valence-electron chi connectivity index (χ2n) is 11.8. The van der Waals surface area contributed by atoms with E-state index in [1.165, 1.54) is 17.4 Å². The number of nitrogens with zero attached hydrogens (tertiary/aromatic N) is 5. The Hall–Kier alpha value is -4.40. The number of hydrogen-bond donors (Lipinski definition) is 1. The highest BCUT2D eigenvalue weighted by Crippen LogP contribution is 2.41. The summed E-state index contributed by atoms with van der Waals surface area (Å²) in [6, 6.07) is 11.1. The molecule has 3 aliphatic heterocycles. The maximum absolute atomic E-state index is 13.9. The number of aromatic nitrogens is 3. The van der Waals surface area contributed by atoms with Gasteiger partial charge in [-0.1, -0.05) is 6.07 Å². The van der Waals surface area contributed by atoms with Crippen molar-refractivity contribution >= 4 is 28.7 Å². The average molecular weight is 666 g/mol. The lowest BCUT2D eigenvalue weighted by Gasteiger charge is -2.53. The Bertz CT molecular complexity index is 1740. The molecular weight excluding hydrogens is 632 g/mol. The van der Waals surface area contributed by atoms with Crippen LogP contribution in [-0.2, 0) is 14.3 Å². The predicted molar refractivity (Wildman–Crippen MR) is 171 cm³/mol. The topological polar surface area (TPSA) is 119 Å². The lowest BCUT2D eigenvalue weighted by atomic mass is 9.90. The van der Waals surface area contributed by atoms with Crippen LogP contribution in [0, 0.1) is 0 Å². The molecule has 0 radical (unpaired) electrons. The van der Waals surface area contributed by atoms with Gasteiger partial charge in [-0.25, -0.2) is 28.5 Å². The summed E-state index contributed by atoms with van der Waals surface area (Å²) in [7, 11) is 1.56. The van der Waals surface area contributed by atoms with Gasteiger partial charge in [-0.05, 0) is 42.6 Å². The van der Waals surface area contributed by atoms with Gasteiger partial charge in [0.2, 0.25) is 11.8 Å². The molecule has 14 heteroatoms. The van der Waals surface area contributed by atoms with Crippen LogP contribution in [0.4, 0.5) is 20.2 Å². The lowest BCUT2D eigenvalue weighted by Crippen LogP contribution is -2.68. The highest BCUT2D eigenvalue weighted by Gasteiger charge is 2.50. The van der Waals surface area contributed by atoms with E-state index in [0.29, 0.717) is 54.4 Å². The fourth-order valence-corrected chi connectivity index (χ4v) is 7.08. The first-order valence-electron chi connectivity index (χ1n) is 15.2. The second-order valence-corrected chi connectivity index (χ2v) is 12.8. The zero-order valence-electron chi connectivity index (χ0n) is 25.7. The van der Waals surface area contributed by atoms with E-state index >= 15 is 0 Å². The van der Waals surface area contributed by atoms with Gasteiger partial charge in [0.05, 0.1) is 50.1 Å². The van der Waals surface area contributed by atoms with Crippen LogP contribution in [0.2, 0.25) is 0 Å². The number of rotatable bonds is 9. The molecule has 11 nitrogen and oxygen atoms in total. The van der Waals surface area contributed by atoms with Gasteiger partial charge in [0.25, 0.3) is 6.43 Å². The first-order chi connectivity index (χ1) is 22.7. The summed E-state index contributed by atoms with van der Waals surface area (Å²) in [5.74, 6) is -0.238. The van der Waals surface area contributed by atoms with E-state index in [1.807, 2.05) is 23.6 Å². The molecule has 1 N–H and O–H groups in total. The molecular formula is C33H33F2N5O6S. The average Bonchev–Trinajstić information content (AvgIpc) is 3.76. The molecule has 246 valence electrons. The van der Waals surface area contributed by atoms with Crippen molar-refractivity contribution < 1.29 is 37.6 Å². The Morgan fingerprint density at radius 3 is 2.62 bits per heavy atom. The van der Waals surface area contributed by atoms with Gasteiger partial charge < -0.3 is 33.9 Å². The first kappa shape index (κ1) is 31.2. The molecule has 0 unspecified atom stereocenters. The molecule has 1 spiro atoms. The number of thiophene rings is 1. The first-order valence-corrected chi connectivity index (χ1v) is 16.1. The minimum absolute atomic E-state index is 0.0644. The summed E-state index contributed by atoms with van der Waals surface area (Å²) in [5.41, 5.74) is 2.23. The highest BCUT2D eigenvalue weighted by molar-refractivity contribution is 7.13. The van der Waals surface area contributed by atoms with Crippen LogP contribution in [0.1, 0.15) is 25.5 Å². The maximum Gasteiger partial charge on any atom is 0.326 e. The Labute approximate surface area is 273 Å². The van der Waals surface area contributed by atoms with Gasteiger partial charge in [0.15, 0.2) is 0 Å². The number of morpholine rings is 1. The number of carbonyl (C=O) groups is 1. The van der Waals surface area contributed by atoms with Gasteiger partial charge in [-0.2, -0.15) is 0 Å². The standard InChI is InChI=1S/C33H33F2N5O6S/c1-19-33(17-44-18-33)45-8-7-39(19)26-10-21(20-5-6-29(43-2)36-14-20)15-37-31(26)46-23-13-27(32(41)42)40(16-23)22-11-24(28-4-3-9-47-28)38-25(12-22)30(34)35/h3-6,9-12,14-15,19,23,27,30H,7-8,13,16-18H2,1-2H3,(H,41,42)/t19-,23-,27-/m0/s1. The van der Waals surface area contributed by atoms with E-state index in [-0.39, 0.29) is 19.0 Å². The molecule has 47 heavy (non-hydrogen) atoms. The van der Waals surface area contributed by atoms with E-state index in [1.54, 1.807) is 42.6 Å². The Morgan fingerprint density at radius 2 is 1.96 bits per heavy atom. The molecule has 3 aliphatic rings. The van der Waals surface area contributed by atoms with E-state index in [4.69, 9.17) is 23.9 Å². The van der Waals surface area contributed by atoms with Crippen LogP contribution < -0.4 is 19.3 Å². The van der Waals surface area contributed by atoms with E-state index in [0.717, 1.165) is 16.8 Å². The lowest BCUT2D eigenvalue weighted by molar-refractivity contribution is -0.228. The summed E-state index contributed by atoms with van der Waals surface area (Å²) < 4.78 is 51.4. The number of pyridine rings is 3. The van der Waals surface area contributed by atoms with Gasteiger partial charge >= 0.3 is 5.97 Å². The quantitative estimate of drug-likeness (QED) is 0.250. The third-order valence-electron chi connectivity index (χ3n) is 9.05.